The van der Waals surface area contributed by atoms with Crippen LogP contribution in [0.4, 0.5) is 11.4 Å². The number of nitrogens with two attached hydrogens (primary N) is 1. The fourth-order valence-electron chi connectivity index (χ4n) is 1.74. The highest BCUT2D eigenvalue weighted by Gasteiger charge is 2.27. The Morgan fingerprint density at radius 1 is 1.43 bits per heavy atom. The van der Waals surface area contributed by atoms with Gasteiger partial charge in [-0.2, -0.15) is 0 Å². The van der Waals surface area contributed by atoms with Gasteiger partial charge in [-0.1, -0.05) is 0 Å². The number of anilines is 1. The molecule has 0 fully saturated rings. The van der Waals surface area contributed by atoms with E-state index in [4.69, 9.17) is 5.73 Å². The van der Waals surface area contributed by atoms with Gasteiger partial charge in [-0.3, -0.25) is 10.1 Å². The summed E-state index contributed by atoms with van der Waals surface area (Å²) in [5, 5.41) is 11.0. The fourth-order valence-corrected chi connectivity index (χ4v) is 3.17. The first-order valence-corrected chi connectivity index (χ1v) is 7.83. The predicted molar refractivity (Wildman–Crippen MR) is 80.5 cm³/mol. The molecule has 0 amide bonds. The van der Waals surface area contributed by atoms with Crippen LogP contribution in [-0.4, -0.2) is 44.9 Å². The SMILES string of the molecule is CC(CCN(C)C)NS(=O)(=O)c1ccc(N)cc1[N+](=O)[O-]. The average molecular weight is 316 g/mol. The van der Waals surface area contributed by atoms with E-state index in [1.54, 1.807) is 6.92 Å². The van der Waals surface area contributed by atoms with E-state index in [1.165, 1.54) is 6.07 Å². The van der Waals surface area contributed by atoms with Crippen molar-refractivity contribution in [1.29, 1.82) is 0 Å². The van der Waals surface area contributed by atoms with Crippen LogP contribution in [0.25, 0.3) is 0 Å². The first kappa shape index (κ1) is 17.3. The number of sulfonamides is 1. The average Bonchev–Trinajstić information content (AvgIpc) is 2.35. The van der Waals surface area contributed by atoms with Crippen LogP contribution >= 0.6 is 0 Å². The monoisotopic (exact) mass is 316 g/mol. The van der Waals surface area contributed by atoms with Gasteiger partial charge in [0.15, 0.2) is 4.90 Å². The van der Waals surface area contributed by atoms with Gasteiger partial charge in [0.1, 0.15) is 0 Å². The van der Waals surface area contributed by atoms with Gasteiger partial charge >= 0.3 is 0 Å². The summed E-state index contributed by atoms with van der Waals surface area (Å²) in [5.41, 5.74) is 5.08. The van der Waals surface area contributed by atoms with Gasteiger partial charge < -0.3 is 10.6 Å². The number of benzene rings is 1. The van der Waals surface area contributed by atoms with E-state index in [1.807, 2.05) is 19.0 Å². The molecule has 0 spiro atoms. The minimum absolute atomic E-state index is 0.140. The van der Waals surface area contributed by atoms with Gasteiger partial charge in [0, 0.05) is 17.8 Å². The maximum Gasteiger partial charge on any atom is 0.291 e. The number of nitrogens with zero attached hydrogens (tertiary/aromatic N) is 2. The van der Waals surface area contributed by atoms with Crippen LogP contribution in [0.3, 0.4) is 0 Å². The van der Waals surface area contributed by atoms with Crippen molar-refractivity contribution in [2.45, 2.75) is 24.3 Å². The molecule has 0 aromatic heterocycles. The Balaban J connectivity index is 3.00. The second-order valence-corrected chi connectivity index (χ2v) is 6.78. The topological polar surface area (TPSA) is 119 Å². The summed E-state index contributed by atoms with van der Waals surface area (Å²) >= 11 is 0. The molecular formula is C12H20N4O4S. The van der Waals surface area contributed by atoms with Crippen molar-refractivity contribution in [1.82, 2.24) is 9.62 Å². The number of hydrogen-bond acceptors (Lipinski definition) is 6. The molecule has 8 nitrogen and oxygen atoms in total. The lowest BCUT2D eigenvalue weighted by molar-refractivity contribution is -0.387. The van der Waals surface area contributed by atoms with Crippen LogP contribution in [0.2, 0.25) is 0 Å². The van der Waals surface area contributed by atoms with Crippen molar-refractivity contribution in [3.05, 3.63) is 28.3 Å². The predicted octanol–water partition coefficient (Wildman–Crippen LogP) is 0.796. The van der Waals surface area contributed by atoms with Crippen LogP contribution in [0.5, 0.6) is 0 Å². The summed E-state index contributed by atoms with van der Waals surface area (Å²) in [6.45, 7) is 2.41. The van der Waals surface area contributed by atoms with Crippen molar-refractivity contribution in [2.75, 3.05) is 26.4 Å². The van der Waals surface area contributed by atoms with E-state index in [-0.39, 0.29) is 16.6 Å². The van der Waals surface area contributed by atoms with E-state index in [9.17, 15) is 18.5 Å². The minimum atomic E-state index is -3.97. The number of rotatable bonds is 7. The van der Waals surface area contributed by atoms with Crippen molar-refractivity contribution < 1.29 is 13.3 Å². The number of nitrogen functional groups attached to an aromatic ring is 1. The molecule has 1 unspecified atom stereocenters. The van der Waals surface area contributed by atoms with Gasteiger partial charge in [-0.15, -0.1) is 0 Å². The molecule has 1 aromatic carbocycles. The third-order valence-corrected chi connectivity index (χ3v) is 4.47. The Morgan fingerprint density at radius 2 is 2.05 bits per heavy atom. The maximum atomic E-state index is 12.3. The van der Waals surface area contributed by atoms with Crippen molar-refractivity contribution in [3.63, 3.8) is 0 Å². The zero-order valence-corrected chi connectivity index (χ0v) is 13.1. The first-order chi connectivity index (χ1) is 9.63. The third-order valence-electron chi connectivity index (χ3n) is 2.83. The molecule has 0 saturated carbocycles. The zero-order valence-electron chi connectivity index (χ0n) is 12.2. The van der Waals surface area contributed by atoms with Gasteiger partial charge in [0.2, 0.25) is 10.0 Å². The lowest BCUT2D eigenvalue weighted by Crippen LogP contribution is -2.35. The highest BCUT2D eigenvalue weighted by atomic mass is 32.2. The van der Waals surface area contributed by atoms with Crippen molar-refractivity contribution in [3.8, 4) is 0 Å². The summed E-state index contributed by atoms with van der Waals surface area (Å²) in [4.78, 5) is 11.8. The normalized spacial score (nSPS) is 13.3. The Bertz CT molecular complexity index is 616. The zero-order chi connectivity index (χ0) is 16.2. The second-order valence-electron chi connectivity index (χ2n) is 5.10. The Hall–Kier alpha value is -1.71. The molecule has 0 heterocycles. The summed E-state index contributed by atoms with van der Waals surface area (Å²) < 4.78 is 27.0. The van der Waals surface area contributed by atoms with E-state index < -0.39 is 20.6 Å². The molecule has 1 aromatic rings. The maximum absolute atomic E-state index is 12.3. The summed E-state index contributed by atoms with van der Waals surface area (Å²) in [7, 11) is -0.204. The molecular weight excluding hydrogens is 296 g/mol. The number of nitrogens with one attached hydrogen (secondary N) is 1. The lowest BCUT2D eigenvalue weighted by atomic mass is 10.2. The molecule has 1 rings (SSSR count). The lowest BCUT2D eigenvalue weighted by Gasteiger charge is -2.16. The van der Waals surface area contributed by atoms with Gasteiger partial charge in [0.05, 0.1) is 4.92 Å². The number of hydrogen-bond donors (Lipinski definition) is 2. The van der Waals surface area contributed by atoms with Gasteiger partial charge in [0.25, 0.3) is 5.69 Å². The minimum Gasteiger partial charge on any atom is -0.399 e. The van der Waals surface area contributed by atoms with Crippen LogP contribution in [-0.2, 0) is 10.0 Å². The van der Waals surface area contributed by atoms with Gasteiger partial charge in [-0.25, -0.2) is 13.1 Å². The summed E-state index contributed by atoms with van der Waals surface area (Å²) in [6, 6.07) is 3.18. The smallest absolute Gasteiger partial charge is 0.291 e. The molecule has 0 aliphatic rings. The van der Waals surface area contributed by atoms with Crippen LogP contribution < -0.4 is 10.5 Å². The van der Waals surface area contributed by atoms with Crippen molar-refractivity contribution in [2.24, 2.45) is 0 Å². The standard InChI is InChI=1S/C12H20N4O4S/c1-9(6-7-15(2)3)14-21(19,20)12-5-4-10(13)8-11(12)16(17)18/h4-5,8-9,14H,6-7,13H2,1-3H3. The number of nitro benzene ring substituents is 1. The fraction of sp³-hybridized carbons (Fsp3) is 0.500. The molecule has 3 N–H and O–H groups in total. The largest absolute Gasteiger partial charge is 0.399 e. The highest BCUT2D eigenvalue weighted by molar-refractivity contribution is 7.89. The van der Waals surface area contributed by atoms with Crippen LogP contribution in [0, 0.1) is 10.1 Å². The Labute approximate surface area is 124 Å². The molecule has 21 heavy (non-hydrogen) atoms. The van der Waals surface area contributed by atoms with E-state index in [0.29, 0.717) is 13.0 Å². The van der Waals surface area contributed by atoms with Crippen LogP contribution in [0.1, 0.15) is 13.3 Å². The summed E-state index contributed by atoms with van der Waals surface area (Å²) in [5.74, 6) is 0. The third kappa shape index (κ3) is 4.96. The molecule has 0 aliphatic heterocycles. The van der Waals surface area contributed by atoms with E-state index in [0.717, 1.165) is 12.1 Å². The van der Waals surface area contributed by atoms with Gasteiger partial charge in [-0.05, 0) is 46.1 Å². The van der Waals surface area contributed by atoms with E-state index in [2.05, 4.69) is 4.72 Å². The molecule has 0 bridgehead atoms. The molecule has 0 radical (unpaired) electrons. The molecule has 0 saturated heterocycles. The molecule has 9 heteroatoms. The number of nitro groups is 1. The molecule has 0 aliphatic carbocycles. The molecule has 1 atom stereocenters. The second kappa shape index (κ2) is 6.83. The Kier molecular flexibility index (Phi) is 5.64. The quantitative estimate of drug-likeness (QED) is 0.436. The first-order valence-electron chi connectivity index (χ1n) is 6.34. The summed E-state index contributed by atoms with van der Waals surface area (Å²) in [6.07, 6.45) is 0.592. The Morgan fingerprint density at radius 3 is 2.57 bits per heavy atom. The van der Waals surface area contributed by atoms with Crippen molar-refractivity contribution >= 4 is 21.4 Å². The van der Waals surface area contributed by atoms with Crippen LogP contribution in [0.15, 0.2) is 23.1 Å². The highest BCUT2D eigenvalue weighted by Crippen LogP contribution is 2.26. The van der Waals surface area contributed by atoms with E-state index >= 15 is 0 Å². The molecule has 118 valence electrons.